The fraction of sp³-hybridized carbons (Fsp3) is 1.00. The van der Waals surface area contributed by atoms with Crippen molar-refractivity contribution in [2.75, 3.05) is 32.9 Å². The maximum Gasteiger partial charge on any atom is 0.0256 e. The average Bonchev–Trinajstić information content (AvgIpc) is 2.49. The van der Waals surface area contributed by atoms with Gasteiger partial charge in [0.2, 0.25) is 0 Å². The molecular formula is C11H24N2S. The second kappa shape index (κ2) is 5.38. The van der Waals surface area contributed by atoms with Crippen LogP contribution in [0.3, 0.4) is 0 Å². The number of likely N-dealkylation sites (N-methyl/N-ethyl adjacent to an activating group) is 1. The van der Waals surface area contributed by atoms with Crippen LogP contribution in [0.4, 0.5) is 0 Å². The van der Waals surface area contributed by atoms with Gasteiger partial charge in [0.15, 0.2) is 0 Å². The van der Waals surface area contributed by atoms with E-state index in [0.29, 0.717) is 10.8 Å². The Hall–Kier alpha value is 0.270. The molecule has 84 valence electrons. The quantitative estimate of drug-likeness (QED) is 0.754. The van der Waals surface area contributed by atoms with Gasteiger partial charge in [-0.15, -0.1) is 0 Å². The fourth-order valence-electron chi connectivity index (χ4n) is 1.98. The Labute approximate surface area is 92.8 Å². The van der Waals surface area contributed by atoms with Gasteiger partial charge in [-0.2, -0.15) is 11.8 Å². The van der Waals surface area contributed by atoms with Crippen LogP contribution in [0.25, 0.3) is 0 Å². The number of rotatable bonds is 5. The molecule has 0 aromatic rings. The Bertz CT molecular complexity index is 165. The number of hydrogen-bond acceptors (Lipinski definition) is 3. The fourth-order valence-corrected chi connectivity index (χ4v) is 3.23. The first-order chi connectivity index (χ1) is 6.52. The van der Waals surface area contributed by atoms with Crippen molar-refractivity contribution in [3.05, 3.63) is 0 Å². The molecule has 1 aliphatic heterocycles. The van der Waals surface area contributed by atoms with Gasteiger partial charge < -0.3 is 10.2 Å². The van der Waals surface area contributed by atoms with E-state index >= 15 is 0 Å². The maximum atomic E-state index is 3.63. The van der Waals surface area contributed by atoms with Crippen molar-refractivity contribution < 1.29 is 0 Å². The summed E-state index contributed by atoms with van der Waals surface area (Å²) in [5, 5.41) is 3.63. The molecule has 0 aromatic heterocycles. The zero-order valence-corrected chi connectivity index (χ0v) is 10.8. The summed E-state index contributed by atoms with van der Waals surface area (Å²) >= 11 is 2.13. The molecule has 3 heteroatoms. The van der Waals surface area contributed by atoms with E-state index in [2.05, 4.69) is 49.9 Å². The first-order valence-corrected chi connectivity index (χ1v) is 6.52. The van der Waals surface area contributed by atoms with Gasteiger partial charge in [0.05, 0.1) is 0 Å². The molecule has 14 heavy (non-hydrogen) atoms. The molecule has 2 unspecified atom stereocenters. The minimum absolute atomic E-state index is 0.501. The number of nitrogens with one attached hydrogen (secondary N) is 1. The third-order valence-corrected chi connectivity index (χ3v) is 4.30. The van der Waals surface area contributed by atoms with Gasteiger partial charge >= 0.3 is 0 Å². The largest absolute Gasteiger partial charge is 0.312 e. The Kier molecular flexibility index (Phi) is 4.74. The second-order valence-electron chi connectivity index (χ2n) is 4.95. The lowest BCUT2D eigenvalue weighted by Crippen LogP contribution is -2.42. The van der Waals surface area contributed by atoms with Gasteiger partial charge in [0.25, 0.3) is 0 Å². The average molecular weight is 216 g/mol. The normalized spacial score (nSPS) is 29.8. The molecule has 2 atom stereocenters. The molecule has 0 aromatic carbocycles. The van der Waals surface area contributed by atoms with Gasteiger partial charge in [-0.1, -0.05) is 0 Å². The summed E-state index contributed by atoms with van der Waals surface area (Å²) in [4.78, 5) is 2.24. The van der Waals surface area contributed by atoms with E-state index in [1.165, 1.54) is 18.6 Å². The highest BCUT2D eigenvalue weighted by Crippen LogP contribution is 2.36. The molecule has 2 nitrogen and oxygen atoms in total. The van der Waals surface area contributed by atoms with Crippen LogP contribution in [-0.2, 0) is 0 Å². The van der Waals surface area contributed by atoms with Crippen LogP contribution in [0.5, 0.6) is 0 Å². The molecule has 1 N–H and O–H groups in total. The van der Waals surface area contributed by atoms with Crippen LogP contribution in [0.15, 0.2) is 0 Å². The Morgan fingerprint density at radius 1 is 1.50 bits per heavy atom. The van der Waals surface area contributed by atoms with E-state index in [4.69, 9.17) is 0 Å². The summed E-state index contributed by atoms with van der Waals surface area (Å²) in [5.74, 6) is 1.35. The van der Waals surface area contributed by atoms with E-state index in [9.17, 15) is 0 Å². The molecule has 1 saturated heterocycles. The molecule has 0 radical (unpaired) electrons. The molecule has 0 saturated carbocycles. The van der Waals surface area contributed by atoms with E-state index in [0.717, 1.165) is 13.1 Å². The summed E-state index contributed by atoms with van der Waals surface area (Å²) in [6.45, 7) is 6.94. The topological polar surface area (TPSA) is 15.3 Å². The lowest BCUT2D eigenvalue weighted by molar-refractivity contribution is 0.342. The summed E-state index contributed by atoms with van der Waals surface area (Å²) in [6, 6.07) is 0.600. The van der Waals surface area contributed by atoms with Crippen molar-refractivity contribution in [3.63, 3.8) is 0 Å². The van der Waals surface area contributed by atoms with Crippen molar-refractivity contribution in [1.29, 1.82) is 0 Å². The molecule has 1 rings (SSSR count). The van der Waals surface area contributed by atoms with Crippen LogP contribution in [-0.4, -0.2) is 48.6 Å². The SMILES string of the molecule is CC(CN(C)C)NCC1(C)CCCS1. The Morgan fingerprint density at radius 2 is 2.21 bits per heavy atom. The zero-order valence-electron chi connectivity index (χ0n) is 9.97. The molecule has 1 aliphatic rings. The molecule has 1 fully saturated rings. The van der Waals surface area contributed by atoms with Crippen molar-refractivity contribution in [3.8, 4) is 0 Å². The monoisotopic (exact) mass is 216 g/mol. The standard InChI is InChI=1S/C11H24N2S/c1-10(8-13(3)4)12-9-11(2)6-5-7-14-11/h10,12H,5-9H2,1-4H3. The molecule has 0 spiro atoms. The summed E-state index contributed by atoms with van der Waals surface area (Å²) in [6.07, 6.45) is 2.77. The van der Waals surface area contributed by atoms with Crippen LogP contribution < -0.4 is 5.32 Å². The van der Waals surface area contributed by atoms with Crippen molar-refractivity contribution >= 4 is 11.8 Å². The third-order valence-electron chi connectivity index (χ3n) is 2.76. The van der Waals surface area contributed by atoms with Crippen LogP contribution >= 0.6 is 11.8 Å². The summed E-state index contributed by atoms with van der Waals surface area (Å²) in [7, 11) is 4.26. The molecular weight excluding hydrogens is 192 g/mol. The van der Waals surface area contributed by atoms with Crippen molar-refractivity contribution in [1.82, 2.24) is 10.2 Å². The zero-order chi connectivity index (χ0) is 10.6. The third kappa shape index (κ3) is 4.20. The van der Waals surface area contributed by atoms with Gasteiger partial charge in [-0.05, 0) is 46.5 Å². The van der Waals surface area contributed by atoms with E-state index in [-0.39, 0.29) is 0 Å². The first kappa shape index (κ1) is 12.3. The molecule has 0 amide bonds. The van der Waals surface area contributed by atoms with Gasteiger partial charge in [0, 0.05) is 23.9 Å². The highest BCUT2D eigenvalue weighted by molar-refractivity contribution is 8.00. The van der Waals surface area contributed by atoms with E-state index in [1.54, 1.807) is 0 Å². The van der Waals surface area contributed by atoms with Gasteiger partial charge in [-0.3, -0.25) is 0 Å². The molecule has 0 bridgehead atoms. The number of hydrogen-bond donors (Lipinski definition) is 1. The Morgan fingerprint density at radius 3 is 2.71 bits per heavy atom. The van der Waals surface area contributed by atoms with Gasteiger partial charge in [0.1, 0.15) is 0 Å². The second-order valence-corrected chi connectivity index (χ2v) is 6.63. The Balaban J connectivity index is 2.18. The highest BCUT2D eigenvalue weighted by Gasteiger charge is 2.29. The van der Waals surface area contributed by atoms with Gasteiger partial charge in [-0.25, -0.2) is 0 Å². The van der Waals surface area contributed by atoms with Crippen LogP contribution in [0, 0.1) is 0 Å². The maximum absolute atomic E-state index is 3.63. The highest BCUT2D eigenvalue weighted by atomic mass is 32.2. The predicted molar refractivity (Wildman–Crippen MR) is 66.1 cm³/mol. The van der Waals surface area contributed by atoms with Crippen molar-refractivity contribution in [2.24, 2.45) is 0 Å². The van der Waals surface area contributed by atoms with E-state index in [1.807, 2.05) is 0 Å². The smallest absolute Gasteiger partial charge is 0.0256 e. The molecule has 0 aliphatic carbocycles. The lowest BCUT2D eigenvalue weighted by Gasteiger charge is -2.26. The minimum Gasteiger partial charge on any atom is -0.312 e. The number of nitrogens with zero attached hydrogens (tertiary/aromatic N) is 1. The van der Waals surface area contributed by atoms with E-state index < -0.39 is 0 Å². The minimum atomic E-state index is 0.501. The summed E-state index contributed by atoms with van der Waals surface area (Å²) < 4.78 is 0.501. The number of thioether (sulfide) groups is 1. The first-order valence-electron chi connectivity index (χ1n) is 5.54. The predicted octanol–water partition coefficient (Wildman–Crippen LogP) is 1.81. The molecule has 1 heterocycles. The summed E-state index contributed by atoms with van der Waals surface area (Å²) in [5.41, 5.74) is 0. The van der Waals surface area contributed by atoms with Crippen LogP contribution in [0.1, 0.15) is 26.7 Å². The van der Waals surface area contributed by atoms with Crippen LogP contribution in [0.2, 0.25) is 0 Å². The lowest BCUT2D eigenvalue weighted by atomic mass is 10.1. The van der Waals surface area contributed by atoms with Crippen molar-refractivity contribution in [2.45, 2.75) is 37.5 Å².